The molecule has 6 rings (SSSR count). The number of benzene rings is 3. The van der Waals surface area contributed by atoms with Gasteiger partial charge in [-0.15, -0.1) is 0 Å². The van der Waals surface area contributed by atoms with Gasteiger partial charge in [0.2, 0.25) is 5.75 Å². The number of phenolic OH excluding ortho intramolecular Hbond substituents is 3. The van der Waals surface area contributed by atoms with E-state index >= 15 is 0 Å². The molecular formula is C27H20O10. The molecule has 0 radical (unpaired) electrons. The highest BCUT2D eigenvalue weighted by atomic mass is 16.6. The van der Waals surface area contributed by atoms with Crippen LogP contribution in [0, 0.1) is 0 Å². The molecule has 0 aliphatic carbocycles. The van der Waals surface area contributed by atoms with Crippen LogP contribution in [0.1, 0.15) is 23.5 Å². The van der Waals surface area contributed by atoms with Gasteiger partial charge in [0.1, 0.15) is 41.4 Å². The maximum Gasteiger partial charge on any atom is 0.312 e. The Bertz CT molecular complexity index is 1630. The smallest absolute Gasteiger partial charge is 0.312 e. The van der Waals surface area contributed by atoms with Crippen molar-refractivity contribution in [2.75, 3.05) is 20.3 Å². The number of fused-ring (bicyclic) bond motifs is 4. The molecule has 3 N–H and O–H groups in total. The number of methoxy groups -OCH3 is 1. The summed E-state index contributed by atoms with van der Waals surface area (Å²) in [6.07, 6.45) is -0.0798. The third-order valence-electron chi connectivity index (χ3n) is 6.44. The first kappa shape index (κ1) is 22.6. The monoisotopic (exact) mass is 504 g/mol. The lowest BCUT2D eigenvalue weighted by molar-refractivity contribution is -0.135. The van der Waals surface area contributed by atoms with E-state index < -0.39 is 28.8 Å². The normalized spacial score (nSPS) is 16.2. The number of esters is 1. The minimum absolute atomic E-state index is 0.0245. The molecule has 37 heavy (non-hydrogen) atoms. The van der Waals surface area contributed by atoms with E-state index in [0.29, 0.717) is 47.2 Å². The summed E-state index contributed by atoms with van der Waals surface area (Å²) < 4.78 is 28.5. The molecule has 10 heteroatoms. The van der Waals surface area contributed by atoms with Gasteiger partial charge in [0, 0.05) is 29.2 Å². The van der Waals surface area contributed by atoms with Gasteiger partial charge in [-0.05, 0) is 35.9 Å². The zero-order chi connectivity index (χ0) is 25.8. The van der Waals surface area contributed by atoms with Crippen molar-refractivity contribution in [1.29, 1.82) is 0 Å². The molecule has 3 aromatic carbocycles. The maximum atomic E-state index is 13.1. The SMILES string of the molecule is COc1cc([C@H]2CC(=O)Oc3cc(O)c4c(=O)cc(-c5ccc(O)c(O)c5)oc4c32)cc2c1OCCO2. The minimum Gasteiger partial charge on any atom is -0.507 e. The van der Waals surface area contributed by atoms with Gasteiger partial charge in [-0.25, -0.2) is 0 Å². The lowest BCUT2D eigenvalue weighted by atomic mass is 9.84. The summed E-state index contributed by atoms with van der Waals surface area (Å²) in [6.45, 7) is 0.712. The van der Waals surface area contributed by atoms with Gasteiger partial charge in [0.05, 0.1) is 13.5 Å². The zero-order valence-electron chi connectivity index (χ0n) is 19.4. The molecule has 188 valence electrons. The minimum atomic E-state index is -0.643. The maximum absolute atomic E-state index is 13.1. The van der Waals surface area contributed by atoms with Crippen LogP contribution in [0.15, 0.2) is 51.7 Å². The summed E-state index contributed by atoms with van der Waals surface area (Å²) in [7, 11) is 1.49. The second kappa shape index (κ2) is 8.37. The van der Waals surface area contributed by atoms with Crippen LogP contribution in [0.5, 0.6) is 40.2 Å². The number of hydrogen-bond acceptors (Lipinski definition) is 10. The number of carbonyl (C=O) groups excluding carboxylic acids is 1. The lowest BCUT2D eigenvalue weighted by Crippen LogP contribution is -2.22. The molecule has 0 unspecified atom stereocenters. The lowest BCUT2D eigenvalue weighted by Gasteiger charge is -2.28. The Kier molecular flexibility index (Phi) is 5.11. The average molecular weight is 504 g/mol. The van der Waals surface area contributed by atoms with Crippen molar-refractivity contribution < 1.29 is 43.5 Å². The molecule has 0 bridgehead atoms. The van der Waals surface area contributed by atoms with Crippen LogP contribution in [-0.2, 0) is 4.79 Å². The van der Waals surface area contributed by atoms with E-state index in [-0.39, 0.29) is 34.6 Å². The summed E-state index contributed by atoms with van der Waals surface area (Å²) in [5.41, 5.74) is 0.807. The molecule has 2 aliphatic rings. The summed E-state index contributed by atoms with van der Waals surface area (Å²) in [5, 5.41) is 30.2. The van der Waals surface area contributed by atoms with E-state index in [1.165, 1.54) is 37.4 Å². The number of phenols is 3. The number of aromatic hydroxyl groups is 3. The van der Waals surface area contributed by atoms with Crippen LogP contribution in [0.2, 0.25) is 0 Å². The fourth-order valence-electron chi connectivity index (χ4n) is 4.76. The van der Waals surface area contributed by atoms with Crippen LogP contribution >= 0.6 is 0 Å². The molecule has 1 aromatic heterocycles. The van der Waals surface area contributed by atoms with Crippen LogP contribution in [0.3, 0.4) is 0 Å². The van der Waals surface area contributed by atoms with Gasteiger partial charge in [-0.3, -0.25) is 9.59 Å². The topological polar surface area (TPSA) is 145 Å². The van der Waals surface area contributed by atoms with Crippen molar-refractivity contribution >= 4 is 16.9 Å². The molecule has 1 atom stereocenters. The van der Waals surface area contributed by atoms with E-state index in [1.807, 2.05) is 0 Å². The van der Waals surface area contributed by atoms with Crippen molar-refractivity contribution in [1.82, 2.24) is 0 Å². The second-order valence-corrected chi connectivity index (χ2v) is 8.67. The number of carbonyl (C=O) groups is 1. The second-order valence-electron chi connectivity index (χ2n) is 8.67. The highest BCUT2D eigenvalue weighted by Crippen LogP contribution is 2.49. The quantitative estimate of drug-likeness (QED) is 0.214. The van der Waals surface area contributed by atoms with Crippen LogP contribution in [-0.4, -0.2) is 41.6 Å². The van der Waals surface area contributed by atoms with Crippen molar-refractivity contribution in [3.8, 4) is 51.6 Å². The van der Waals surface area contributed by atoms with Gasteiger partial charge < -0.3 is 38.7 Å². The van der Waals surface area contributed by atoms with Crippen molar-refractivity contribution in [2.45, 2.75) is 12.3 Å². The van der Waals surface area contributed by atoms with Gasteiger partial charge in [0.15, 0.2) is 28.4 Å². The molecule has 0 spiro atoms. The van der Waals surface area contributed by atoms with E-state index in [9.17, 15) is 24.9 Å². The van der Waals surface area contributed by atoms with Gasteiger partial charge >= 0.3 is 5.97 Å². The third kappa shape index (κ3) is 3.65. The van der Waals surface area contributed by atoms with Crippen molar-refractivity contribution in [3.63, 3.8) is 0 Å². The van der Waals surface area contributed by atoms with Gasteiger partial charge in [-0.2, -0.15) is 0 Å². The standard InChI is InChI=1S/C27H20O10/c1-33-21-7-13(8-22-26(21)35-5-4-34-22)14-9-23(32)36-20-11-18(31)25-17(30)10-19(37-27(25)24(14)20)12-2-3-15(28)16(29)6-12/h2-3,6-8,10-11,14,28-29,31H,4-5,9H2,1H3/t14-/m1/s1. The summed E-state index contributed by atoms with van der Waals surface area (Å²) >= 11 is 0. The highest BCUT2D eigenvalue weighted by molar-refractivity contribution is 5.93. The Morgan fingerprint density at radius 2 is 1.70 bits per heavy atom. The Labute approximate surface area is 208 Å². The van der Waals surface area contributed by atoms with Gasteiger partial charge in [0.25, 0.3) is 0 Å². The largest absolute Gasteiger partial charge is 0.507 e. The molecule has 3 heterocycles. The molecule has 4 aromatic rings. The Balaban J connectivity index is 1.62. The van der Waals surface area contributed by atoms with Gasteiger partial charge in [-0.1, -0.05) is 0 Å². The van der Waals surface area contributed by atoms with Crippen LogP contribution in [0.25, 0.3) is 22.3 Å². The van der Waals surface area contributed by atoms with Crippen LogP contribution in [0.4, 0.5) is 0 Å². The highest BCUT2D eigenvalue weighted by Gasteiger charge is 2.35. The number of hydrogen-bond donors (Lipinski definition) is 3. The third-order valence-corrected chi connectivity index (χ3v) is 6.44. The van der Waals surface area contributed by atoms with E-state index in [0.717, 1.165) is 0 Å². The summed E-state index contributed by atoms with van der Waals surface area (Å²) in [5.74, 6) is -0.866. The Hall–Kier alpha value is -4.86. The fourth-order valence-corrected chi connectivity index (χ4v) is 4.76. The van der Waals surface area contributed by atoms with Crippen LogP contribution < -0.4 is 24.4 Å². The predicted molar refractivity (Wildman–Crippen MR) is 129 cm³/mol. The Morgan fingerprint density at radius 1 is 0.892 bits per heavy atom. The molecule has 0 amide bonds. The van der Waals surface area contributed by atoms with E-state index in [2.05, 4.69) is 0 Å². The summed E-state index contributed by atoms with van der Waals surface area (Å²) in [6, 6.07) is 9.84. The fraction of sp³-hybridized carbons (Fsp3) is 0.185. The molecular weight excluding hydrogens is 484 g/mol. The van der Waals surface area contributed by atoms with Crippen molar-refractivity contribution in [3.05, 3.63) is 63.8 Å². The zero-order valence-corrected chi connectivity index (χ0v) is 19.4. The predicted octanol–water partition coefficient (Wildman–Crippen LogP) is 3.80. The first-order valence-corrected chi connectivity index (χ1v) is 11.4. The van der Waals surface area contributed by atoms with E-state index in [1.54, 1.807) is 12.1 Å². The van der Waals surface area contributed by atoms with E-state index in [4.69, 9.17) is 23.4 Å². The first-order valence-electron chi connectivity index (χ1n) is 11.4. The Morgan fingerprint density at radius 3 is 2.49 bits per heavy atom. The molecule has 0 fully saturated rings. The van der Waals surface area contributed by atoms with Crippen molar-refractivity contribution in [2.24, 2.45) is 0 Å². The first-order chi connectivity index (χ1) is 17.8. The molecule has 0 saturated carbocycles. The number of rotatable bonds is 3. The molecule has 0 saturated heterocycles. The average Bonchev–Trinajstić information content (AvgIpc) is 2.88. The summed E-state index contributed by atoms with van der Waals surface area (Å²) in [4.78, 5) is 25.7. The number of ether oxygens (including phenoxy) is 4. The molecule has 10 nitrogen and oxygen atoms in total. The molecule has 2 aliphatic heterocycles.